The Morgan fingerprint density at radius 2 is 2.07 bits per heavy atom. The SMILES string of the molecule is C=CCCC(C#N)N(CC)[Si](C)(C)C. The summed E-state index contributed by atoms with van der Waals surface area (Å²) in [7, 11) is -1.34. The van der Waals surface area contributed by atoms with Crippen LogP contribution in [0, 0.1) is 11.3 Å². The fourth-order valence-electron chi connectivity index (χ4n) is 1.73. The summed E-state index contributed by atoms with van der Waals surface area (Å²) in [6.45, 7) is 13.7. The van der Waals surface area contributed by atoms with E-state index in [9.17, 15) is 0 Å². The maximum absolute atomic E-state index is 9.11. The molecule has 0 radical (unpaired) electrons. The molecule has 0 bridgehead atoms. The lowest BCUT2D eigenvalue weighted by Crippen LogP contribution is -2.51. The van der Waals surface area contributed by atoms with Gasteiger partial charge in [-0.3, -0.25) is 0 Å². The summed E-state index contributed by atoms with van der Waals surface area (Å²) in [4.78, 5) is 0. The predicted octanol–water partition coefficient (Wildman–Crippen LogP) is 3.00. The van der Waals surface area contributed by atoms with Gasteiger partial charge < -0.3 is 4.57 Å². The van der Waals surface area contributed by atoms with Gasteiger partial charge in [0.15, 0.2) is 0 Å². The van der Waals surface area contributed by atoms with Gasteiger partial charge in [-0.25, -0.2) is 0 Å². The van der Waals surface area contributed by atoms with Gasteiger partial charge in [-0.1, -0.05) is 32.6 Å². The second kappa shape index (κ2) is 6.00. The topological polar surface area (TPSA) is 27.0 Å². The molecule has 0 fully saturated rings. The van der Waals surface area contributed by atoms with E-state index in [2.05, 4.69) is 43.8 Å². The number of allylic oxidation sites excluding steroid dienone is 1. The minimum absolute atomic E-state index is 0.0738. The van der Waals surface area contributed by atoms with Crippen LogP contribution in [0.5, 0.6) is 0 Å². The van der Waals surface area contributed by atoms with Gasteiger partial charge in [0.25, 0.3) is 0 Å². The van der Waals surface area contributed by atoms with E-state index in [0.29, 0.717) is 0 Å². The minimum atomic E-state index is -1.34. The molecule has 0 rings (SSSR count). The first-order valence-electron chi connectivity index (χ1n) is 5.24. The van der Waals surface area contributed by atoms with Crippen molar-refractivity contribution in [2.24, 2.45) is 0 Å². The molecule has 0 aromatic heterocycles. The van der Waals surface area contributed by atoms with Crippen LogP contribution in [-0.4, -0.2) is 25.4 Å². The van der Waals surface area contributed by atoms with E-state index in [0.717, 1.165) is 19.4 Å². The van der Waals surface area contributed by atoms with Crippen molar-refractivity contribution in [1.29, 1.82) is 5.26 Å². The summed E-state index contributed by atoms with van der Waals surface area (Å²) in [5.74, 6) is 0. The molecule has 0 amide bonds. The lowest BCUT2D eigenvalue weighted by atomic mass is 10.2. The molecule has 0 aliphatic heterocycles. The summed E-state index contributed by atoms with van der Waals surface area (Å²) >= 11 is 0. The largest absolute Gasteiger partial charge is 0.310 e. The standard InChI is InChI=1S/C11H22N2Si/c1-6-8-9-11(10-12)13(7-2)14(3,4)5/h6,11H,1,7-9H2,2-5H3. The molecule has 3 heteroatoms. The fourth-order valence-corrected chi connectivity index (χ4v) is 3.80. The van der Waals surface area contributed by atoms with Crippen LogP contribution >= 0.6 is 0 Å². The first-order valence-corrected chi connectivity index (χ1v) is 8.69. The zero-order chi connectivity index (χ0) is 11.2. The van der Waals surface area contributed by atoms with Crippen LogP contribution in [0.1, 0.15) is 19.8 Å². The average Bonchev–Trinajstić information content (AvgIpc) is 2.09. The van der Waals surface area contributed by atoms with Gasteiger partial charge >= 0.3 is 0 Å². The van der Waals surface area contributed by atoms with Crippen molar-refractivity contribution in [2.45, 2.75) is 45.4 Å². The third kappa shape index (κ3) is 4.08. The summed E-state index contributed by atoms with van der Waals surface area (Å²) in [6.07, 6.45) is 3.74. The van der Waals surface area contributed by atoms with Crippen LogP contribution in [0.3, 0.4) is 0 Å². The highest BCUT2D eigenvalue weighted by atomic mass is 28.3. The molecule has 0 aliphatic rings. The molecule has 80 valence electrons. The quantitative estimate of drug-likeness (QED) is 0.498. The van der Waals surface area contributed by atoms with Gasteiger partial charge in [0.2, 0.25) is 0 Å². The molecule has 0 aromatic rings. The van der Waals surface area contributed by atoms with Crippen molar-refractivity contribution in [1.82, 2.24) is 4.57 Å². The van der Waals surface area contributed by atoms with E-state index in [1.54, 1.807) is 0 Å². The lowest BCUT2D eigenvalue weighted by molar-refractivity contribution is 0.371. The Kier molecular flexibility index (Phi) is 5.74. The molecule has 0 N–H and O–H groups in total. The highest BCUT2D eigenvalue weighted by Crippen LogP contribution is 2.16. The van der Waals surface area contributed by atoms with Crippen molar-refractivity contribution in [3.8, 4) is 6.07 Å². The highest BCUT2D eigenvalue weighted by molar-refractivity contribution is 6.73. The third-order valence-corrected chi connectivity index (χ3v) is 4.72. The van der Waals surface area contributed by atoms with E-state index >= 15 is 0 Å². The Hall–Kier alpha value is -0.593. The predicted molar refractivity (Wildman–Crippen MR) is 64.6 cm³/mol. The summed E-state index contributed by atoms with van der Waals surface area (Å²) in [6, 6.07) is 2.48. The van der Waals surface area contributed by atoms with Crippen molar-refractivity contribution >= 4 is 8.24 Å². The number of nitrogens with zero attached hydrogens (tertiary/aromatic N) is 2. The normalized spacial score (nSPS) is 13.7. The third-order valence-electron chi connectivity index (χ3n) is 2.37. The summed E-state index contributed by atoms with van der Waals surface area (Å²) in [5, 5.41) is 9.11. The maximum Gasteiger partial charge on any atom is 0.120 e. The number of hydrogen-bond acceptors (Lipinski definition) is 2. The number of nitriles is 1. The molecule has 1 unspecified atom stereocenters. The summed E-state index contributed by atoms with van der Waals surface area (Å²) < 4.78 is 2.37. The van der Waals surface area contributed by atoms with E-state index < -0.39 is 8.24 Å². The van der Waals surface area contributed by atoms with Gasteiger partial charge in [0.1, 0.15) is 8.24 Å². The van der Waals surface area contributed by atoms with Gasteiger partial charge in [0.05, 0.1) is 12.1 Å². The van der Waals surface area contributed by atoms with Gasteiger partial charge in [-0.2, -0.15) is 5.26 Å². The lowest BCUT2D eigenvalue weighted by Gasteiger charge is -2.36. The Labute approximate surface area is 89.3 Å². The Bertz CT molecular complexity index is 212. The van der Waals surface area contributed by atoms with Crippen molar-refractivity contribution in [3.63, 3.8) is 0 Å². The first kappa shape index (κ1) is 13.4. The second-order valence-corrected chi connectivity index (χ2v) is 9.38. The van der Waals surface area contributed by atoms with E-state index in [1.165, 1.54) is 0 Å². The zero-order valence-corrected chi connectivity index (χ0v) is 10.9. The van der Waals surface area contributed by atoms with Gasteiger partial charge in [-0.15, -0.1) is 6.58 Å². The van der Waals surface area contributed by atoms with Gasteiger partial charge in [-0.05, 0) is 19.4 Å². The molecule has 0 aromatic carbocycles. The van der Waals surface area contributed by atoms with E-state index in [-0.39, 0.29) is 6.04 Å². The maximum atomic E-state index is 9.11. The molecule has 0 saturated carbocycles. The molecule has 2 nitrogen and oxygen atoms in total. The molecular weight excluding hydrogens is 188 g/mol. The molecule has 0 saturated heterocycles. The van der Waals surface area contributed by atoms with Crippen LogP contribution in [0.4, 0.5) is 0 Å². The Balaban J connectivity index is 4.47. The minimum Gasteiger partial charge on any atom is -0.310 e. The smallest absolute Gasteiger partial charge is 0.120 e. The molecule has 0 spiro atoms. The molecular formula is C11H22N2Si. The van der Waals surface area contributed by atoms with Crippen LogP contribution < -0.4 is 0 Å². The van der Waals surface area contributed by atoms with Gasteiger partial charge in [0, 0.05) is 0 Å². The van der Waals surface area contributed by atoms with Crippen LogP contribution in [-0.2, 0) is 0 Å². The highest BCUT2D eigenvalue weighted by Gasteiger charge is 2.28. The van der Waals surface area contributed by atoms with Crippen molar-refractivity contribution < 1.29 is 0 Å². The summed E-state index contributed by atoms with van der Waals surface area (Å²) in [5.41, 5.74) is 0. The average molecular weight is 210 g/mol. The zero-order valence-electron chi connectivity index (χ0n) is 9.88. The fraction of sp³-hybridized carbons (Fsp3) is 0.727. The Morgan fingerprint density at radius 3 is 2.36 bits per heavy atom. The van der Waals surface area contributed by atoms with Crippen molar-refractivity contribution in [3.05, 3.63) is 12.7 Å². The Morgan fingerprint density at radius 1 is 1.50 bits per heavy atom. The number of hydrogen-bond donors (Lipinski definition) is 0. The monoisotopic (exact) mass is 210 g/mol. The molecule has 0 aliphatic carbocycles. The molecule has 0 heterocycles. The van der Waals surface area contributed by atoms with E-state index in [1.807, 2.05) is 6.08 Å². The van der Waals surface area contributed by atoms with Crippen LogP contribution in [0.2, 0.25) is 19.6 Å². The second-order valence-electron chi connectivity index (χ2n) is 4.47. The van der Waals surface area contributed by atoms with Crippen molar-refractivity contribution in [2.75, 3.05) is 6.54 Å². The number of rotatable bonds is 6. The molecule has 14 heavy (non-hydrogen) atoms. The molecule has 1 atom stereocenters. The van der Waals surface area contributed by atoms with Crippen LogP contribution in [0.15, 0.2) is 12.7 Å². The van der Waals surface area contributed by atoms with Crippen LogP contribution in [0.25, 0.3) is 0 Å². The van der Waals surface area contributed by atoms with E-state index in [4.69, 9.17) is 5.26 Å². The first-order chi connectivity index (χ1) is 6.47.